The molecule has 1 aromatic carbocycles. The van der Waals surface area contributed by atoms with E-state index in [9.17, 15) is 9.59 Å². The number of amides is 2. The zero-order chi connectivity index (χ0) is 18.4. The SMILES string of the molecule is CNC(=O)[C@H](Cc1c[nH]c2ccccc12)NC(=O)CCC1CCNCC1.Cl. The maximum atomic E-state index is 12.4. The molecule has 0 spiro atoms. The first-order valence-electron chi connectivity index (χ1n) is 9.44. The lowest BCUT2D eigenvalue weighted by Crippen LogP contribution is -2.47. The summed E-state index contributed by atoms with van der Waals surface area (Å²) in [4.78, 5) is 27.9. The molecule has 2 aromatic rings. The van der Waals surface area contributed by atoms with Crippen LogP contribution in [0.25, 0.3) is 10.9 Å². The summed E-state index contributed by atoms with van der Waals surface area (Å²) in [7, 11) is 1.60. The van der Waals surface area contributed by atoms with Gasteiger partial charge in [0.25, 0.3) is 0 Å². The summed E-state index contributed by atoms with van der Waals surface area (Å²) in [5.74, 6) is 0.400. The van der Waals surface area contributed by atoms with Gasteiger partial charge < -0.3 is 20.9 Å². The number of halogens is 1. The number of likely N-dealkylation sites (N-methyl/N-ethyl adjacent to an activating group) is 1. The van der Waals surface area contributed by atoms with E-state index in [-0.39, 0.29) is 24.2 Å². The summed E-state index contributed by atoms with van der Waals surface area (Å²) in [6.07, 6.45) is 6.01. The molecule has 4 N–H and O–H groups in total. The Balaban J connectivity index is 0.00000261. The predicted octanol–water partition coefficient (Wildman–Crippen LogP) is 2.14. The average molecular weight is 393 g/mol. The first-order chi connectivity index (χ1) is 12.7. The molecule has 148 valence electrons. The summed E-state index contributed by atoms with van der Waals surface area (Å²) in [5, 5.41) is 10.0. The molecule has 1 fully saturated rings. The summed E-state index contributed by atoms with van der Waals surface area (Å²) >= 11 is 0. The third-order valence-corrected chi connectivity index (χ3v) is 5.24. The first kappa shape index (κ1) is 21.3. The van der Waals surface area contributed by atoms with Crippen LogP contribution in [0.4, 0.5) is 0 Å². The van der Waals surface area contributed by atoms with E-state index in [1.54, 1.807) is 7.05 Å². The lowest BCUT2D eigenvalue weighted by molar-refractivity contribution is -0.128. The number of nitrogens with one attached hydrogen (secondary N) is 4. The fraction of sp³-hybridized carbons (Fsp3) is 0.500. The van der Waals surface area contributed by atoms with Crippen LogP contribution >= 0.6 is 12.4 Å². The van der Waals surface area contributed by atoms with Crippen molar-refractivity contribution >= 4 is 35.1 Å². The number of carbonyl (C=O) groups is 2. The number of aromatic amines is 1. The first-order valence-corrected chi connectivity index (χ1v) is 9.44. The Labute approximate surface area is 166 Å². The number of rotatable bonds is 7. The van der Waals surface area contributed by atoms with Gasteiger partial charge in [0, 0.05) is 37.0 Å². The van der Waals surface area contributed by atoms with Gasteiger partial charge in [-0.3, -0.25) is 9.59 Å². The van der Waals surface area contributed by atoms with Crippen molar-refractivity contribution in [3.63, 3.8) is 0 Å². The Kier molecular flexibility index (Phi) is 8.13. The molecule has 2 amide bonds. The third-order valence-electron chi connectivity index (χ3n) is 5.24. The van der Waals surface area contributed by atoms with Gasteiger partial charge in [0.15, 0.2) is 0 Å². The molecule has 0 radical (unpaired) electrons. The molecule has 0 unspecified atom stereocenters. The van der Waals surface area contributed by atoms with Gasteiger partial charge >= 0.3 is 0 Å². The Morgan fingerprint density at radius 1 is 1.22 bits per heavy atom. The number of carbonyl (C=O) groups excluding carboxylic acids is 2. The largest absolute Gasteiger partial charge is 0.361 e. The van der Waals surface area contributed by atoms with Crippen molar-refractivity contribution in [2.24, 2.45) is 5.92 Å². The molecule has 1 aromatic heterocycles. The molecule has 2 heterocycles. The molecule has 7 heteroatoms. The lowest BCUT2D eigenvalue weighted by Gasteiger charge is -2.23. The molecular formula is C20H29ClN4O2. The van der Waals surface area contributed by atoms with Crippen molar-refractivity contribution < 1.29 is 9.59 Å². The second-order valence-corrected chi connectivity index (χ2v) is 7.03. The van der Waals surface area contributed by atoms with E-state index >= 15 is 0 Å². The van der Waals surface area contributed by atoms with Crippen LogP contribution in [0.15, 0.2) is 30.5 Å². The van der Waals surface area contributed by atoms with Crippen LogP contribution in [0, 0.1) is 5.92 Å². The van der Waals surface area contributed by atoms with Crippen molar-refractivity contribution in [1.82, 2.24) is 20.9 Å². The van der Waals surface area contributed by atoms with Gasteiger partial charge in [-0.25, -0.2) is 0 Å². The number of fused-ring (bicyclic) bond motifs is 1. The van der Waals surface area contributed by atoms with Crippen LogP contribution < -0.4 is 16.0 Å². The van der Waals surface area contributed by atoms with Gasteiger partial charge in [-0.2, -0.15) is 0 Å². The van der Waals surface area contributed by atoms with Gasteiger partial charge in [-0.05, 0) is 49.9 Å². The smallest absolute Gasteiger partial charge is 0.242 e. The number of para-hydroxylation sites is 1. The Morgan fingerprint density at radius 2 is 1.96 bits per heavy atom. The predicted molar refractivity (Wildman–Crippen MR) is 110 cm³/mol. The van der Waals surface area contributed by atoms with Crippen molar-refractivity contribution in [2.75, 3.05) is 20.1 Å². The summed E-state index contributed by atoms with van der Waals surface area (Å²) < 4.78 is 0. The molecule has 1 aliphatic heterocycles. The topological polar surface area (TPSA) is 86.0 Å². The molecule has 3 rings (SSSR count). The summed E-state index contributed by atoms with van der Waals surface area (Å²) in [5.41, 5.74) is 2.07. The quantitative estimate of drug-likeness (QED) is 0.582. The van der Waals surface area contributed by atoms with E-state index in [1.807, 2.05) is 30.5 Å². The van der Waals surface area contributed by atoms with Crippen molar-refractivity contribution in [3.8, 4) is 0 Å². The number of piperidine rings is 1. The van der Waals surface area contributed by atoms with Crippen molar-refractivity contribution in [3.05, 3.63) is 36.0 Å². The minimum absolute atomic E-state index is 0. The summed E-state index contributed by atoms with van der Waals surface area (Å²) in [6, 6.07) is 7.43. The Morgan fingerprint density at radius 3 is 2.70 bits per heavy atom. The van der Waals surface area contributed by atoms with Gasteiger partial charge in [-0.1, -0.05) is 18.2 Å². The third kappa shape index (κ3) is 5.71. The second kappa shape index (κ2) is 10.3. The summed E-state index contributed by atoms with van der Waals surface area (Å²) in [6.45, 7) is 2.07. The highest BCUT2D eigenvalue weighted by Gasteiger charge is 2.22. The lowest BCUT2D eigenvalue weighted by atomic mass is 9.93. The van der Waals surface area contributed by atoms with E-state index in [0.29, 0.717) is 18.8 Å². The van der Waals surface area contributed by atoms with Crippen LogP contribution in [0.5, 0.6) is 0 Å². The van der Waals surface area contributed by atoms with Crippen molar-refractivity contribution in [1.29, 1.82) is 0 Å². The van der Waals surface area contributed by atoms with E-state index in [2.05, 4.69) is 20.9 Å². The minimum Gasteiger partial charge on any atom is -0.361 e. The van der Waals surface area contributed by atoms with E-state index in [0.717, 1.165) is 48.8 Å². The van der Waals surface area contributed by atoms with Crippen LogP contribution in [-0.4, -0.2) is 43.0 Å². The van der Waals surface area contributed by atoms with E-state index < -0.39 is 6.04 Å². The highest BCUT2D eigenvalue weighted by Crippen LogP contribution is 2.20. The van der Waals surface area contributed by atoms with Gasteiger partial charge in [0.1, 0.15) is 6.04 Å². The Hall–Kier alpha value is -2.05. The molecule has 0 aliphatic carbocycles. The fourth-order valence-corrected chi connectivity index (χ4v) is 3.68. The molecule has 0 bridgehead atoms. The van der Waals surface area contributed by atoms with Crippen LogP contribution in [0.2, 0.25) is 0 Å². The number of benzene rings is 1. The highest BCUT2D eigenvalue weighted by molar-refractivity contribution is 5.89. The van der Waals surface area contributed by atoms with Gasteiger partial charge in [-0.15, -0.1) is 12.4 Å². The van der Waals surface area contributed by atoms with Gasteiger partial charge in [0.2, 0.25) is 11.8 Å². The standard InChI is InChI=1S/C20H28N4O2.ClH/c1-21-20(26)18(12-15-13-23-17-5-3-2-4-16(15)17)24-19(25)7-6-14-8-10-22-11-9-14;/h2-5,13-14,18,22-23H,6-12H2,1H3,(H,21,26)(H,24,25);1H/t18-;/m0./s1. The number of H-pyrrole nitrogens is 1. The molecule has 27 heavy (non-hydrogen) atoms. The average Bonchev–Trinajstić information content (AvgIpc) is 3.09. The number of aromatic nitrogens is 1. The molecule has 1 saturated heterocycles. The van der Waals surface area contributed by atoms with Crippen LogP contribution in [0.1, 0.15) is 31.2 Å². The van der Waals surface area contributed by atoms with Crippen LogP contribution in [0.3, 0.4) is 0 Å². The molecule has 1 atom stereocenters. The number of hydrogen-bond donors (Lipinski definition) is 4. The molecule has 6 nitrogen and oxygen atoms in total. The maximum Gasteiger partial charge on any atom is 0.242 e. The zero-order valence-corrected chi connectivity index (χ0v) is 16.5. The molecule has 0 saturated carbocycles. The van der Waals surface area contributed by atoms with E-state index in [1.165, 1.54) is 0 Å². The fourth-order valence-electron chi connectivity index (χ4n) is 3.68. The second-order valence-electron chi connectivity index (χ2n) is 7.03. The number of hydrogen-bond acceptors (Lipinski definition) is 3. The monoisotopic (exact) mass is 392 g/mol. The minimum atomic E-state index is -0.556. The van der Waals surface area contributed by atoms with Gasteiger partial charge in [0.05, 0.1) is 0 Å². The zero-order valence-electron chi connectivity index (χ0n) is 15.7. The Bertz CT molecular complexity index is 755. The van der Waals surface area contributed by atoms with E-state index in [4.69, 9.17) is 0 Å². The highest BCUT2D eigenvalue weighted by atomic mass is 35.5. The normalized spacial score (nSPS) is 15.7. The van der Waals surface area contributed by atoms with Crippen LogP contribution in [-0.2, 0) is 16.0 Å². The maximum absolute atomic E-state index is 12.4. The molecule has 1 aliphatic rings. The molecular weight excluding hydrogens is 364 g/mol. The van der Waals surface area contributed by atoms with Crippen molar-refractivity contribution in [2.45, 2.75) is 38.1 Å².